The zero-order valence-electron chi connectivity index (χ0n) is 17.8. The van der Waals surface area contributed by atoms with Gasteiger partial charge >= 0.3 is 0 Å². The predicted molar refractivity (Wildman–Crippen MR) is 124 cm³/mol. The van der Waals surface area contributed by atoms with E-state index in [0.29, 0.717) is 34.7 Å². The molecule has 31 heavy (non-hydrogen) atoms. The number of benzene rings is 1. The lowest BCUT2D eigenvalue weighted by atomic mass is 9.77. The fourth-order valence-corrected chi connectivity index (χ4v) is 6.17. The van der Waals surface area contributed by atoms with Crippen LogP contribution in [0.2, 0.25) is 5.02 Å². The van der Waals surface area contributed by atoms with Gasteiger partial charge in [0.2, 0.25) is 5.95 Å². The van der Waals surface area contributed by atoms with Crippen molar-refractivity contribution in [1.82, 2.24) is 9.97 Å². The Bertz CT molecular complexity index is 963. The number of halogens is 1. The Hall–Kier alpha value is -1.70. The molecular weight excluding hydrogens is 432 g/mol. The van der Waals surface area contributed by atoms with Crippen molar-refractivity contribution in [3.63, 3.8) is 0 Å². The van der Waals surface area contributed by atoms with E-state index in [1.165, 1.54) is 5.56 Å². The van der Waals surface area contributed by atoms with Gasteiger partial charge in [0.1, 0.15) is 5.82 Å². The van der Waals surface area contributed by atoms with Crippen LogP contribution >= 0.6 is 11.6 Å². The third kappa shape index (κ3) is 3.96. The first-order chi connectivity index (χ1) is 15.0. The highest BCUT2D eigenvalue weighted by Crippen LogP contribution is 2.45. The average Bonchev–Trinajstić information content (AvgIpc) is 3.00. The van der Waals surface area contributed by atoms with Crippen LogP contribution in [0.15, 0.2) is 35.4 Å². The quantitative estimate of drug-likeness (QED) is 0.675. The van der Waals surface area contributed by atoms with Crippen molar-refractivity contribution >= 4 is 34.2 Å². The van der Waals surface area contributed by atoms with Crippen molar-refractivity contribution in [2.24, 2.45) is 0 Å². The Morgan fingerprint density at radius 2 is 1.90 bits per heavy atom. The summed E-state index contributed by atoms with van der Waals surface area (Å²) < 4.78 is 12.3. The summed E-state index contributed by atoms with van der Waals surface area (Å²) in [6.07, 6.45) is 10.7. The van der Waals surface area contributed by atoms with Gasteiger partial charge in [0.15, 0.2) is 0 Å². The van der Waals surface area contributed by atoms with Crippen LogP contribution in [-0.2, 0) is 10.8 Å². The second-order valence-electron chi connectivity index (χ2n) is 9.27. The molecule has 2 saturated heterocycles. The molecule has 6 nitrogen and oxygen atoms in total. The molecule has 5 rings (SSSR count). The number of anilines is 2. The molecule has 1 aromatic heterocycles. The highest BCUT2D eigenvalue weighted by atomic mass is 35.5. The second-order valence-corrected chi connectivity index (χ2v) is 11.1. The molecule has 1 aliphatic carbocycles. The summed E-state index contributed by atoms with van der Waals surface area (Å²) >= 11 is 6.08. The molecule has 2 aliphatic heterocycles. The van der Waals surface area contributed by atoms with Crippen molar-refractivity contribution in [3.8, 4) is 0 Å². The van der Waals surface area contributed by atoms with Crippen molar-refractivity contribution in [3.05, 3.63) is 41.0 Å². The van der Waals surface area contributed by atoms with E-state index in [9.17, 15) is 9.32 Å². The van der Waals surface area contributed by atoms with Crippen LogP contribution < -0.4 is 10.2 Å². The first kappa shape index (κ1) is 21.2. The number of hydrogen-bond donors (Lipinski definition) is 2. The number of fused-ring (bicyclic) bond motifs is 2. The highest BCUT2D eigenvalue weighted by molar-refractivity contribution is 7.84. The SMILES string of the molecule is CS(=O)c1cnc(N2C3CCC2CC(c2ccc(Cl)cc2)C3)nc1NC1(CO)CCC1. The number of aliphatic hydroxyl groups is 1. The van der Waals surface area contributed by atoms with Gasteiger partial charge in [-0.2, -0.15) is 4.98 Å². The van der Waals surface area contributed by atoms with E-state index in [1.807, 2.05) is 12.1 Å². The van der Waals surface area contributed by atoms with Gasteiger partial charge in [0, 0.05) is 23.4 Å². The number of rotatable bonds is 6. The maximum atomic E-state index is 12.3. The van der Waals surface area contributed by atoms with Gasteiger partial charge in [-0.25, -0.2) is 4.98 Å². The monoisotopic (exact) mass is 460 g/mol. The van der Waals surface area contributed by atoms with Crippen LogP contribution in [0.5, 0.6) is 0 Å². The molecule has 3 unspecified atom stereocenters. The van der Waals surface area contributed by atoms with Gasteiger partial charge in [-0.15, -0.1) is 0 Å². The molecule has 1 aromatic carbocycles. The minimum Gasteiger partial charge on any atom is -0.394 e. The maximum absolute atomic E-state index is 12.3. The summed E-state index contributed by atoms with van der Waals surface area (Å²) in [6.45, 7) is 0.0554. The predicted octanol–water partition coefficient (Wildman–Crippen LogP) is 4.11. The Morgan fingerprint density at radius 3 is 2.45 bits per heavy atom. The number of nitrogens with one attached hydrogen (secondary N) is 1. The molecule has 3 aliphatic rings. The molecule has 3 atom stereocenters. The molecule has 3 fully saturated rings. The van der Waals surface area contributed by atoms with Gasteiger partial charge in [-0.05, 0) is 68.6 Å². The van der Waals surface area contributed by atoms with E-state index in [2.05, 4.69) is 27.3 Å². The smallest absolute Gasteiger partial charge is 0.227 e. The van der Waals surface area contributed by atoms with Gasteiger partial charge in [-0.3, -0.25) is 4.21 Å². The summed E-state index contributed by atoms with van der Waals surface area (Å²) in [5.41, 5.74) is 1.01. The van der Waals surface area contributed by atoms with E-state index >= 15 is 0 Å². The summed E-state index contributed by atoms with van der Waals surface area (Å²) in [6, 6.07) is 9.07. The van der Waals surface area contributed by atoms with Crippen LogP contribution in [0.25, 0.3) is 0 Å². The molecule has 3 heterocycles. The Morgan fingerprint density at radius 1 is 1.23 bits per heavy atom. The van der Waals surface area contributed by atoms with Gasteiger partial charge in [0.25, 0.3) is 0 Å². The van der Waals surface area contributed by atoms with Crippen molar-refractivity contribution < 1.29 is 9.32 Å². The van der Waals surface area contributed by atoms with Crippen LogP contribution in [0.1, 0.15) is 56.4 Å². The Labute approximate surface area is 190 Å². The van der Waals surface area contributed by atoms with Crippen molar-refractivity contribution in [2.75, 3.05) is 23.1 Å². The van der Waals surface area contributed by atoms with Crippen LogP contribution in [0, 0.1) is 0 Å². The molecule has 2 N–H and O–H groups in total. The van der Waals surface area contributed by atoms with E-state index < -0.39 is 10.8 Å². The molecule has 166 valence electrons. The summed E-state index contributed by atoms with van der Waals surface area (Å²) in [4.78, 5) is 12.5. The Balaban J connectivity index is 1.41. The van der Waals surface area contributed by atoms with E-state index in [4.69, 9.17) is 16.6 Å². The highest BCUT2D eigenvalue weighted by Gasteiger charge is 2.43. The van der Waals surface area contributed by atoms with Crippen molar-refractivity contribution in [1.29, 1.82) is 0 Å². The lowest BCUT2D eigenvalue weighted by molar-refractivity contribution is 0.143. The van der Waals surface area contributed by atoms with Crippen LogP contribution in [0.4, 0.5) is 11.8 Å². The van der Waals surface area contributed by atoms with E-state index in [0.717, 1.165) is 50.0 Å². The minimum absolute atomic E-state index is 0.0554. The van der Waals surface area contributed by atoms with Gasteiger partial charge in [-0.1, -0.05) is 23.7 Å². The molecule has 0 spiro atoms. The average molecular weight is 461 g/mol. The first-order valence-electron chi connectivity index (χ1n) is 11.1. The largest absolute Gasteiger partial charge is 0.394 e. The molecular formula is C23H29ClN4O2S. The molecule has 0 radical (unpaired) electrons. The minimum atomic E-state index is -1.20. The fourth-order valence-electron chi connectivity index (χ4n) is 5.47. The molecule has 8 heteroatoms. The third-order valence-corrected chi connectivity index (χ3v) is 8.52. The fraction of sp³-hybridized carbons (Fsp3) is 0.565. The normalized spacial score (nSPS) is 27.6. The summed E-state index contributed by atoms with van der Waals surface area (Å²) in [5, 5.41) is 14.1. The topological polar surface area (TPSA) is 78.4 Å². The summed E-state index contributed by atoms with van der Waals surface area (Å²) in [7, 11) is -1.20. The second kappa shape index (κ2) is 8.34. The lowest BCUT2D eigenvalue weighted by Gasteiger charge is -2.42. The summed E-state index contributed by atoms with van der Waals surface area (Å²) in [5.74, 6) is 1.85. The van der Waals surface area contributed by atoms with E-state index in [1.54, 1.807) is 12.5 Å². The number of nitrogens with zero attached hydrogens (tertiary/aromatic N) is 3. The van der Waals surface area contributed by atoms with Gasteiger partial charge in [0.05, 0.1) is 34.0 Å². The lowest BCUT2D eigenvalue weighted by Crippen LogP contribution is -2.49. The van der Waals surface area contributed by atoms with Crippen molar-refractivity contribution in [2.45, 2.75) is 73.4 Å². The molecule has 2 aromatic rings. The van der Waals surface area contributed by atoms with Crippen LogP contribution in [-0.4, -0.2) is 49.8 Å². The molecule has 2 bridgehead atoms. The zero-order valence-corrected chi connectivity index (χ0v) is 19.3. The first-order valence-corrected chi connectivity index (χ1v) is 13.0. The zero-order chi connectivity index (χ0) is 21.6. The number of hydrogen-bond acceptors (Lipinski definition) is 6. The Kier molecular flexibility index (Phi) is 5.69. The third-order valence-electron chi connectivity index (χ3n) is 7.35. The maximum Gasteiger partial charge on any atom is 0.227 e. The number of aliphatic hydroxyl groups excluding tert-OH is 1. The number of piperidine rings is 1. The standard InChI is InChI=1S/C23H29ClN4O2S/c1-31(30)20-13-25-22(26-21(20)27-23(14-29)9-2-10-23)28-18-7-8-19(28)12-16(11-18)15-3-5-17(24)6-4-15/h3-6,13,16,18-19,29H,2,7-12,14H2,1H3,(H,25,26,27). The molecule has 1 saturated carbocycles. The van der Waals surface area contributed by atoms with Gasteiger partial charge < -0.3 is 15.3 Å². The number of aromatic nitrogens is 2. The van der Waals surface area contributed by atoms with Crippen LogP contribution in [0.3, 0.4) is 0 Å². The molecule has 0 amide bonds. The van der Waals surface area contributed by atoms with E-state index in [-0.39, 0.29) is 12.1 Å².